The third kappa shape index (κ3) is 5.98. The van der Waals surface area contributed by atoms with Crippen LogP contribution in [-0.2, 0) is 4.79 Å². The van der Waals surface area contributed by atoms with Gasteiger partial charge in [-0.2, -0.15) is 5.26 Å². The highest BCUT2D eigenvalue weighted by molar-refractivity contribution is 8.00. The van der Waals surface area contributed by atoms with E-state index in [0.717, 1.165) is 21.7 Å². The Hall–Kier alpha value is -3.67. The summed E-state index contributed by atoms with van der Waals surface area (Å²) >= 11 is 2.61. The van der Waals surface area contributed by atoms with Gasteiger partial charge in [0.25, 0.3) is 0 Å². The number of para-hydroxylation sites is 1. The number of nitriles is 1. The van der Waals surface area contributed by atoms with Crippen molar-refractivity contribution in [1.82, 2.24) is 15.2 Å². The van der Waals surface area contributed by atoms with Gasteiger partial charge in [0.15, 0.2) is 0 Å². The lowest BCUT2D eigenvalue weighted by atomic mass is 10.0. The van der Waals surface area contributed by atoms with Crippen LogP contribution < -0.4 is 5.32 Å². The maximum Gasteiger partial charge on any atom is 0.234 e. The molecule has 0 bridgehead atoms. The van der Waals surface area contributed by atoms with E-state index in [0.29, 0.717) is 22.3 Å². The van der Waals surface area contributed by atoms with Gasteiger partial charge in [-0.15, -0.1) is 22.0 Å². The standard InChI is InChI=1S/C25H19N5OS2/c26-15-16-32-21-14-8-7-13-20(21)27-22(31)17-33-25-28-23(18-9-3-1-4-10-18)24(29-30-25)19-11-5-2-6-12-19/h1-14H,16-17H2,(H,27,31). The first-order valence-electron chi connectivity index (χ1n) is 10.1. The Kier molecular flexibility index (Phi) is 7.69. The fourth-order valence-corrected chi connectivity index (χ4v) is 4.34. The van der Waals surface area contributed by atoms with Crippen LogP contribution in [0.3, 0.4) is 0 Å². The predicted molar refractivity (Wildman–Crippen MR) is 133 cm³/mol. The molecule has 3 aromatic carbocycles. The number of rotatable bonds is 8. The van der Waals surface area contributed by atoms with Gasteiger partial charge < -0.3 is 5.32 Å². The lowest BCUT2D eigenvalue weighted by molar-refractivity contribution is -0.113. The number of carbonyl (C=O) groups is 1. The second-order valence-electron chi connectivity index (χ2n) is 6.80. The average Bonchev–Trinajstić information content (AvgIpc) is 2.88. The van der Waals surface area contributed by atoms with E-state index in [1.807, 2.05) is 84.9 Å². The minimum Gasteiger partial charge on any atom is -0.324 e. The van der Waals surface area contributed by atoms with E-state index in [1.165, 1.54) is 23.5 Å². The van der Waals surface area contributed by atoms with Crippen molar-refractivity contribution in [3.63, 3.8) is 0 Å². The Morgan fingerprint density at radius 3 is 2.15 bits per heavy atom. The van der Waals surface area contributed by atoms with Crippen LogP contribution in [0, 0.1) is 11.3 Å². The van der Waals surface area contributed by atoms with E-state index in [4.69, 9.17) is 10.2 Å². The summed E-state index contributed by atoms with van der Waals surface area (Å²) in [7, 11) is 0. The molecule has 0 saturated heterocycles. The molecule has 0 radical (unpaired) electrons. The molecule has 162 valence electrons. The Labute approximate surface area is 200 Å². The molecule has 33 heavy (non-hydrogen) atoms. The highest BCUT2D eigenvalue weighted by atomic mass is 32.2. The smallest absolute Gasteiger partial charge is 0.234 e. The van der Waals surface area contributed by atoms with Crippen molar-refractivity contribution < 1.29 is 4.79 Å². The minimum absolute atomic E-state index is 0.137. The van der Waals surface area contributed by atoms with E-state index in [1.54, 1.807) is 0 Å². The number of hydrogen-bond donors (Lipinski definition) is 1. The third-order valence-corrected chi connectivity index (χ3v) is 6.33. The molecule has 4 rings (SSSR count). The lowest BCUT2D eigenvalue weighted by Gasteiger charge is -2.10. The van der Waals surface area contributed by atoms with Crippen molar-refractivity contribution in [2.75, 3.05) is 16.8 Å². The zero-order valence-electron chi connectivity index (χ0n) is 17.5. The molecule has 1 N–H and O–H groups in total. The molecular weight excluding hydrogens is 450 g/mol. The number of nitrogens with one attached hydrogen (secondary N) is 1. The second kappa shape index (κ2) is 11.3. The van der Waals surface area contributed by atoms with Crippen LogP contribution in [0.4, 0.5) is 5.69 Å². The molecule has 4 aromatic rings. The van der Waals surface area contributed by atoms with E-state index >= 15 is 0 Å². The Bertz CT molecular complexity index is 1280. The lowest BCUT2D eigenvalue weighted by Crippen LogP contribution is -2.15. The number of amides is 1. The highest BCUT2D eigenvalue weighted by Crippen LogP contribution is 2.30. The van der Waals surface area contributed by atoms with Crippen LogP contribution in [0.25, 0.3) is 22.5 Å². The molecule has 0 fully saturated rings. The van der Waals surface area contributed by atoms with E-state index in [2.05, 4.69) is 21.6 Å². The van der Waals surface area contributed by atoms with Crippen molar-refractivity contribution in [2.45, 2.75) is 10.1 Å². The molecule has 0 atom stereocenters. The number of anilines is 1. The summed E-state index contributed by atoms with van der Waals surface area (Å²) in [5.41, 5.74) is 3.96. The van der Waals surface area contributed by atoms with Gasteiger partial charge in [0.05, 0.1) is 23.3 Å². The van der Waals surface area contributed by atoms with Gasteiger partial charge in [-0.3, -0.25) is 4.79 Å². The van der Waals surface area contributed by atoms with Crippen LogP contribution in [0.5, 0.6) is 0 Å². The molecule has 6 nitrogen and oxygen atoms in total. The van der Waals surface area contributed by atoms with Gasteiger partial charge in [0.1, 0.15) is 11.4 Å². The number of thioether (sulfide) groups is 2. The van der Waals surface area contributed by atoms with Crippen molar-refractivity contribution in [1.29, 1.82) is 5.26 Å². The van der Waals surface area contributed by atoms with Crippen molar-refractivity contribution in [3.05, 3.63) is 84.9 Å². The van der Waals surface area contributed by atoms with E-state index in [9.17, 15) is 4.79 Å². The first kappa shape index (κ1) is 22.5. The number of benzene rings is 3. The summed E-state index contributed by atoms with van der Waals surface area (Å²) in [6, 6.07) is 29.1. The largest absolute Gasteiger partial charge is 0.324 e. The van der Waals surface area contributed by atoms with E-state index < -0.39 is 0 Å². The predicted octanol–water partition coefficient (Wildman–Crippen LogP) is 5.55. The molecule has 1 aromatic heterocycles. The van der Waals surface area contributed by atoms with Crippen molar-refractivity contribution in [3.8, 4) is 28.6 Å². The summed E-state index contributed by atoms with van der Waals surface area (Å²) in [5, 5.41) is 20.9. The van der Waals surface area contributed by atoms with Crippen molar-refractivity contribution >= 4 is 35.1 Å². The van der Waals surface area contributed by atoms with Crippen LogP contribution in [-0.4, -0.2) is 32.6 Å². The first-order valence-corrected chi connectivity index (χ1v) is 12.1. The number of aromatic nitrogens is 3. The van der Waals surface area contributed by atoms with Gasteiger partial charge in [0.2, 0.25) is 11.1 Å². The Morgan fingerprint density at radius 2 is 1.45 bits per heavy atom. The summed E-state index contributed by atoms with van der Waals surface area (Å²) in [6.07, 6.45) is 0. The normalized spacial score (nSPS) is 10.4. The zero-order valence-corrected chi connectivity index (χ0v) is 19.1. The van der Waals surface area contributed by atoms with Gasteiger partial charge in [-0.05, 0) is 12.1 Å². The summed E-state index contributed by atoms with van der Waals surface area (Å²) in [5.74, 6) is 0.275. The van der Waals surface area contributed by atoms with Crippen molar-refractivity contribution in [2.24, 2.45) is 0 Å². The maximum atomic E-state index is 12.6. The monoisotopic (exact) mass is 469 g/mol. The SMILES string of the molecule is N#CCSc1ccccc1NC(=O)CSc1nnc(-c2ccccc2)c(-c2ccccc2)n1. The molecule has 0 unspecified atom stereocenters. The van der Waals surface area contributed by atoms with E-state index in [-0.39, 0.29) is 11.7 Å². The highest BCUT2D eigenvalue weighted by Gasteiger charge is 2.15. The first-order chi connectivity index (χ1) is 16.2. The number of nitrogens with zero attached hydrogens (tertiary/aromatic N) is 4. The fourth-order valence-electron chi connectivity index (χ4n) is 3.08. The Morgan fingerprint density at radius 1 is 0.818 bits per heavy atom. The Balaban J connectivity index is 1.51. The molecule has 0 spiro atoms. The van der Waals surface area contributed by atoms with Crippen LogP contribution >= 0.6 is 23.5 Å². The third-order valence-electron chi connectivity index (χ3n) is 4.55. The molecule has 1 heterocycles. The van der Waals surface area contributed by atoms with Crippen LogP contribution in [0.1, 0.15) is 0 Å². The van der Waals surface area contributed by atoms with Crippen LogP contribution in [0.2, 0.25) is 0 Å². The molecule has 0 aliphatic heterocycles. The van der Waals surface area contributed by atoms with Crippen LogP contribution in [0.15, 0.2) is 95.0 Å². The molecule has 0 aliphatic carbocycles. The summed E-state index contributed by atoms with van der Waals surface area (Å²) in [4.78, 5) is 18.2. The maximum absolute atomic E-state index is 12.6. The molecule has 0 aliphatic rings. The minimum atomic E-state index is -0.179. The van der Waals surface area contributed by atoms with Gasteiger partial charge in [-0.25, -0.2) is 4.98 Å². The topological polar surface area (TPSA) is 91.6 Å². The number of carbonyl (C=O) groups excluding carboxylic acids is 1. The fraction of sp³-hybridized carbons (Fsp3) is 0.0800. The molecule has 1 amide bonds. The molecular formula is C25H19N5OS2. The quantitative estimate of drug-likeness (QED) is 0.338. The summed E-state index contributed by atoms with van der Waals surface area (Å²) < 4.78 is 0. The molecule has 8 heteroatoms. The summed E-state index contributed by atoms with van der Waals surface area (Å²) in [6.45, 7) is 0. The number of hydrogen-bond acceptors (Lipinski definition) is 7. The molecule has 0 saturated carbocycles. The van der Waals surface area contributed by atoms with Gasteiger partial charge in [-0.1, -0.05) is 84.6 Å². The second-order valence-corrected chi connectivity index (χ2v) is 8.76. The zero-order chi connectivity index (χ0) is 22.9. The van der Waals surface area contributed by atoms with Gasteiger partial charge in [0, 0.05) is 16.0 Å². The van der Waals surface area contributed by atoms with Gasteiger partial charge >= 0.3 is 0 Å². The average molecular weight is 470 g/mol.